The first-order valence-electron chi connectivity index (χ1n) is 13.2. The lowest BCUT2D eigenvalue weighted by Crippen LogP contribution is -2.05. The Kier molecular flexibility index (Phi) is 9.01. The maximum absolute atomic E-state index is 6.44. The van der Waals surface area contributed by atoms with Gasteiger partial charge in [-0.2, -0.15) is 0 Å². The molecule has 1 aliphatic carbocycles. The third-order valence-corrected chi connectivity index (χ3v) is 6.59. The van der Waals surface area contributed by atoms with Gasteiger partial charge in [-0.3, -0.25) is 0 Å². The van der Waals surface area contributed by atoms with Gasteiger partial charge in [0.25, 0.3) is 0 Å². The molecular formula is C31H39O3+. The van der Waals surface area contributed by atoms with Gasteiger partial charge in [0.1, 0.15) is 11.5 Å². The van der Waals surface area contributed by atoms with Crippen LogP contribution in [0.25, 0.3) is 22.5 Å². The first-order chi connectivity index (χ1) is 16.8. The van der Waals surface area contributed by atoms with Crippen molar-refractivity contribution in [2.75, 3.05) is 13.2 Å². The van der Waals surface area contributed by atoms with Crippen LogP contribution in [-0.2, 0) is 12.8 Å². The third kappa shape index (κ3) is 6.40. The number of rotatable bonds is 12. The fraction of sp³-hybridized carbons (Fsp3) is 0.452. The molecule has 0 radical (unpaired) electrons. The van der Waals surface area contributed by atoms with E-state index in [2.05, 4.69) is 68.4 Å². The monoisotopic (exact) mass is 459 g/mol. The molecule has 0 saturated heterocycles. The second kappa shape index (κ2) is 12.6. The molecule has 0 fully saturated rings. The van der Waals surface area contributed by atoms with E-state index in [9.17, 15) is 0 Å². The van der Waals surface area contributed by atoms with Crippen LogP contribution in [-0.4, -0.2) is 13.2 Å². The zero-order valence-electron chi connectivity index (χ0n) is 20.9. The minimum Gasteiger partial charge on any atom is -0.494 e. The van der Waals surface area contributed by atoms with Gasteiger partial charge >= 0.3 is 11.5 Å². The lowest BCUT2D eigenvalue weighted by Gasteiger charge is -2.14. The number of unbranched alkanes of at least 4 members (excludes halogenated alkanes) is 4. The highest BCUT2D eigenvalue weighted by atomic mass is 16.5. The second-order valence-electron chi connectivity index (χ2n) is 9.29. The highest BCUT2D eigenvalue weighted by Gasteiger charge is 2.28. The zero-order chi connectivity index (χ0) is 23.6. The molecule has 0 saturated carbocycles. The predicted molar refractivity (Wildman–Crippen MR) is 141 cm³/mol. The van der Waals surface area contributed by atoms with Crippen LogP contribution in [0.1, 0.15) is 76.5 Å². The van der Waals surface area contributed by atoms with Crippen LogP contribution >= 0.6 is 0 Å². The van der Waals surface area contributed by atoms with Gasteiger partial charge in [0, 0.05) is 5.56 Å². The number of ether oxygens (including phenoxy) is 2. The van der Waals surface area contributed by atoms with Crippen LogP contribution in [0.15, 0.2) is 59.0 Å². The summed E-state index contributed by atoms with van der Waals surface area (Å²) in [7, 11) is 0. The first-order valence-corrected chi connectivity index (χ1v) is 13.2. The molecule has 0 N–H and O–H groups in total. The van der Waals surface area contributed by atoms with Gasteiger partial charge in [-0.1, -0.05) is 51.7 Å². The van der Waals surface area contributed by atoms with Crippen LogP contribution in [0.4, 0.5) is 0 Å². The van der Waals surface area contributed by atoms with Gasteiger partial charge in [0.05, 0.1) is 36.8 Å². The van der Waals surface area contributed by atoms with Crippen LogP contribution < -0.4 is 9.47 Å². The molecule has 0 atom stereocenters. The Hall–Kier alpha value is -2.81. The average molecular weight is 460 g/mol. The maximum Gasteiger partial charge on any atom is 0.360 e. The van der Waals surface area contributed by atoms with Crippen LogP contribution in [0.2, 0.25) is 0 Å². The van der Waals surface area contributed by atoms with Crippen molar-refractivity contribution in [3.8, 4) is 33.9 Å². The molecule has 2 aromatic carbocycles. The van der Waals surface area contributed by atoms with Crippen molar-refractivity contribution in [2.24, 2.45) is 0 Å². The van der Waals surface area contributed by atoms with Crippen molar-refractivity contribution >= 4 is 0 Å². The van der Waals surface area contributed by atoms with Gasteiger partial charge in [-0.05, 0) is 74.1 Å². The minimum atomic E-state index is 0.777. The number of fused-ring (bicyclic) bond motifs is 1. The first kappa shape index (κ1) is 24.3. The van der Waals surface area contributed by atoms with Gasteiger partial charge in [-0.25, -0.2) is 4.42 Å². The Morgan fingerprint density at radius 1 is 0.676 bits per heavy atom. The van der Waals surface area contributed by atoms with Crippen molar-refractivity contribution in [1.29, 1.82) is 0 Å². The highest BCUT2D eigenvalue weighted by molar-refractivity contribution is 5.74. The summed E-state index contributed by atoms with van der Waals surface area (Å²) < 4.78 is 18.3. The van der Waals surface area contributed by atoms with E-state index < -0.39 is 0 Å². The van der Waals surface area contributed by atoms with Crippen molar-refractivity contribution in [3.05, 3.63) is 65.9 Å². The molecule has 3 heteroatoms. The van der Waals surface area contributed by atoms with E-state index in [1.54, 1.807) is 0 Å². The van der Waals surface area contributed by atoms with Gasteiger partial charge < -0.3 is 9.47 Å². The molecule has 1 aliphatic rings. The Morgan fingerprint density at radius 2 is 1.24 bits per heavy atom. The molecule has 3 nitrogen and oxygen atoms in total. The Bertz CT molecular complexity index is 1020. The molecule has 0 unspecified atom stereocenters. The molecule has 0 aliphatic heterocycles. The van der Waals surface area contributed by atoms with Crippen molar-refractivity contribution in [3.63, 3.8) is 0 Å². The average Bonchev–Trinajstić information content (AvgIpc) is 2.89. The largest absolute Gasteiger partial charge is 0.494 e. The molecule has 0 spiro atoms. The number of hydrogen-bond donors (Lipinski definition) is 0. The molecule has 1 aromatic heterocycles. The Morgan fingerprint density at radius 3 is 1.82 bits per heavy atom. The van der Waals surface area contributed by atoms with E-state index in [1.807, 2.05) is 0 Å². The summed E-state index contributed by atoms with van der Waals surface area (Å²) in [6, 6.07) is 19.1. The smallest absolute Gasteiger partial charge is 0.360 e. The van der Waals surface area contributed by atoms with E-state index in [4.69, 9.17) is 13.9 Å². The summed E-state index contributed by atoms with van der Waals surface area (Å²) in [6.07, 6.45) is 11.5. The number of hydrogen-bond acceptors (Lipinski definition) is 2. The normalized spacial score (nSPS) is 12.9. The van der Waals surface area contributed by atoms with E-state index in [0.29, 0.717) is 0 Å². The quantitative estimate of drug-likeness (QED) is 0.200. The lowest BCUT2D eigenvalue weighted by molar-refractivity contribution is 0.306. The molecular weight excluding hydrogens is 420 g/mol. The van der Waals surface area contributed by atoms with Crippen LogP contribution in [0, 0.1) is 0 Å². The number of benzene rings is 2. The molecule has 1 heterocycles. The fourth-order valence-corrected chi connectivity index (χ4v) is 4.59. The number of aryl methyl sites for hydroxylation is 1. The molecule has 34 heavy (non-hydrogen) atoms. The second-order valence-corrected chi connectivity index (χ2v) is 9.29. The Balaban J connectivity index is 1.54. The van der Waals surface area contributed by atoms with Crippen molar-refractivity contribution in [2.45, 2.75) is 78.1 Å². The van der Waals surface area contributed by atoms with Gasteiger partial charge in [0.15, 0.2) is 0 Å². The van der Waals surface area contributed by atoms with E-state index >= 15 is 0 Å². The van der Waals surface area contributed by atoms with Crippen molar-refractivity contribution in [1.82, 2.24) is 0 Å². The fourth-order valence-electron chi connectivity index (χ4n) is 4.59. The predicted octanol–water partition coefficient (Wildman–Crippen LogP) is 8.91. The topological polar surface area (TPSA) is 29.8 Å². The molecule has 0 amide bonds. The molecule has 3 aromatic rings. The van der Waals surface area contributed by atoms with E-state index in [-0.39, 0.29) is 0 Å². The summed E-state index contributed by atoms with van der Waals surface area (Å²) in [5.41, 5.74) is 4.97. The van der Waals surface area contributed by atoms with Crippen LogP contribution in [0.3, 0.4) is 0 Å². The highest BCUT2D eigenvalue weighted by Crippen LogP contribution is 2.37. The third-order valence-electron chi connectivity index (χ3n) is 6.59. The van der Waals surface area contributed by atoms with E-state index in [1.165, 1.54) is 55.2 Å². The summed E-state index contributed by atoms with van der Waals surface area (Å²) in [5, 5.41) is 0. The maximum atomic E-state index is 6.44. The summed E-state index contributed by atoms with van der Waals surface area (Å²) >= 11 is 0. The van der Waals surface area contributed by atoms with Gasteiger partial charge in [-0.15, -0.1) is 0 Å². The zero-order valence-corrected chi connectivity index (χ0v) is 20.9. The summed E-state index contributed by atoms with van der Waals surface area (Å²) in [6.45, 7) is 5.99. The SMILES string of the molecule is CCCCCOc1ccc(-c2cc(-c3ccc(OCCCCC)cc3)c3c([o+]2)CCCC3)cc1. The molecule has 180 valence electrons. The van der Waals surface area contributed by atoms with Gasteiger partial charge in [0.2, 0.25) is 0 Å². The minimum absolute atomic E-state index is 0.777. The standard InChI is InChI=1S/C31H39O3/c1-3-5-9-21-32-26-17-13-24(14-18-26)29-23-31(34-30-12-8-7-11-28(29)30)25-15-19-27(20-16-25)33-22-10-6-4-2/h13-20,23H,3-12,21-22H2,1-2H3/q+1. The molecule has 4 rings (SSSR count). The van der Waals surface area contributed by atoms with Crippen molar-refractivity contribution < 1.29 is 13.9 Å². The van der Waals surface area contributed by atoms with Crippen LogP contribution in [0.5, 0.6) is 11.5 Å². The van der Waals surface area contributed by atoms with E-state index in [0.717, 1.165) is 67.5 Å². The summed E-state index contributed by atoms with van der Waals surface area (Å²) in [5.74, 6) is 3.93. The Labute approximate surface area is 205 Å². The molecule has 0 bridgehead atoms. The summed E-state index contributed by atoms with van der Waals surface area (Å²) in [4.78, 5) is 0. The lowest BCUT2D eigenvalue weighted by atomic mass is 9.89.